The number of ether oxygens (including phenoxy) is 1. The molecule has 0 atom stereocenters. The molecule has 1 aromatic carbocycles. The predicted molar refractivity (Wildman–Crippen MR) is 60.4 cm³/mol. The molecule has 88 valence electrons. The topological polar surface area (TPSA) is 93.2 Å². The maximum absolute atomic E-state index is 11.1. The van der Waals surface area contributed by atoms with Crippen LogP contribution in [0.15, 0.2) is 29.2 Å². The SMILES string of the molecule is N#CCOC(=O)CSc1ccccc1[N+](=O)[O-]. The fraction of sp³-hybridized carbons (Fsp3) is 0.200. The summed E-state index contributed by atoms with van der Waals surface area (Å²) in [6, 6.07) is 7.79. The molecule has 0 aliphatic heterocycles. The third-order valence-electron chi connectivity index (χ3n) is 1.71. The van der Waals surface area contributed by atoms with Gasteiger partial charge in [-0.3, -0.25) is 14.9 Å². The van der Waals surface area contributed by atoms with Crippen LogP contribution in [0.3, 0.4) is 0 Å². The second kappa shape index (κ2) is 6.50. The lowest BCUT2D eigenvalue weighted by Gasteiger charge is -2.02. The molecule has 0 heterocycles. The summed E-state index contributed by atoms with van der Waals surface area (Å²) >= 11 is 1.01. The normalized spacial score (nSPS) is 9.35. The first-order valence-electron chi connectivity index (χ1n) is 4.54. The van der Waals surface area contributed by atoms with Crippen molar-refractivity contribution in [1.29, 1.82) is 5.26 Å². The molecule has 0 amide bonds. The van der Waals surface area contributed by atoms with Crippen molar-refractivity contribution in [2.24, 2.45) is 0 Å². The number of hydrogen-bond acceptors (Lipinski definition) is 6. The van der Waals surface area contributed by atoms with E-state index in [1.807, 2.05) is 0 Å². The monoisotopic (exact) mass is 252 g/mol. The fourth-order valence-electron chi connectivity index (χ4n) is 1.02. The molecule has 0 unspecified atom stereocenters. The summed E-state index contributed by atoms with van der Waals surface area (Å²) in [4.78, 5) is 21.6. The largest absolute Gasteiger partial charge is 0.450 e. The van der Waals surface area contributed by atoms with Crippen LogP contribution in [0.2, 0.25) is 0 Å². The van der Waals surface area contributed by atoms with Crippen LogP contribution in [0.25, 0.3) is 0 Å². The lowest BCUT2D eigenvalue weighted by Crippen LogP contribution is -2.07. The van der Waals surface area contributed by atoms with Crippen LogP contribution < -0.4 is 0 Å². The van der Waals surface area contributed by atoms with Crippen molar-refractivity contribution >= 4 is 23.4 Å². The highest BCUT2D eigenvalue weighted by molar-refractivity contribution is 8.00. The summed E-state index contributed by atoms with van der Waals surface area (Å²) in [5.41, 5.74) is -0.0504. The van der Waals surface area contributed by atoms with Crippen LogP contribution in [-0.2, 0) is 9.53 Å². The zero-order chi connectivity index (χ0) is 12.7. The van der Waals surface area contributed by atoms with Crippen molar-refractivity contribution in [2.45, 2.75) is 4.90 Å². The molecule has 1 aromatic rings. The number of hydrogen-bond donors (Lipinski definition) is 0. The molecule has 0 aliphatic carbocycles. The molecule has 0 aromatic heterocycles. The maximum Gasteiger partial charge on any atom is 0.317 e. The number of nitrogens with zero attached hydrogens (tertiary/aromatic N) is 2. The number of thioether (sulfide) groups is 1. The molecule has 17 heavy (non-hydrogen) atoms. The summed E-state index contributed by atoms with van der Waals surface area (Å²) in [6.45, 7) is -0.309. The Morgan fingerprint density at radius 3 is 2.88 bits per heavy atom. The summed E-state index contributed by atoms with van der Waals surface area (Å²) in [7, 11) is 0. The van der Waals surface area contributed by atoms with Gasteiger partial charge in [0.25, 0.3) is 5.69 Å². The van der Waals surface area contributed by atoms with Gasteiger partial charge in [-0.05, 0) is 6.07 Å². The molecule has 1 rings (SSSR count). The Morgan fingerprint density at radius 2 is 2.24 bits per heavy atom. The van der Waals surface area contributed by atoms with Gasteiger partial charge >= 0.3 is 5.97 Å². The van der Waals surface area contributed by atoms with Crippen molar-refractivity contribution < 1.29 is 14.5 Å². The fourth-order valence-corrected chi connectivity index (χ4v) is 1.84. The molecule has 0 saturated heterocycles. The molecular weight excluding hydrogens is 244 g/mol. The van der Waals surface area contributed by atoms with Crippen molar-refractivity contribution in [3.05, 3.63) is 34.4 Å². The Morgan fingerprint density at radius 1 is 1.53 bits per heavy atom. The maximum atomic E-state index is 11.1. The zero-order valence-electron chi connectivity index (χ0n) is 8.66. The van der Waals surface area contributed by atoms with E-state index in [0.29, 0.717) is 4.90 Å². The van der Waals surface area contributed by atoms with E-state index < -0.39 is 10.9 Å². The van der Waals surface area contributed by atoms with Crippen LogP contribution >= 0.6 is 11.8 Å². The van der Waals surface area contributed by atoms with Gasteiger partial charge in [0, 0.05) is 6.07 Å². The number of carbonyl (C=O) groups excluding carboxylic acids is 1. The minimum atomic E-state index is -0.574. The molecule has 0 fully saturated rings. The minimum absolute atomic E-state index is 0.0504. The van der Waals surface area contributed by atoms with Crippen LogP contribution in [-0.4, -0.2) is 23.3 Å². The molecule has 6 nitrogen and oxygen atoms in total. The van der Waals surface area contributed by atoms with Crippen molar-refractivity contribution in [3.63, 3.8) is 0 Å². The molecular formula is C10H8N2O4S. The Labute approximate surface area is 101 Å². The molecule has 0 N–H and O–H groups in total. The molecule has 0 aliphatic rings. The van der Waals surface area contributed by atoms with E-state index in [4.69, 9.17) is 5.26 Å². The van der Waals surface area contributed by atoms with Crippen molar-refractivity contribution in [2.75, 3.05) is 12.4 Å². The van der Waals surface area contributed by atoms with Gasteiger partial charge in [0.2, 0.25) is 0 Å². The average molecular weight is 252 g/mol. The standard InChI is InChI=1S/C10H8N2O4S/c11-5-6-16-10(13)7-17-9-4-2-1-3-8(9)12(14)15/h1-4H,6-7H2. The van der Waals surface area contributed by atoms with E-state index in [9.17, 15) is 14.9 Å². The average Bonchev–Trinajstić information content (AvgIpc) is 2.34. The van der Waals surface area contributed by atoms with E-state index in [1.54, 1.807) is 24.3 Å². The Kier molecular flexibility index (Phi) is 4.97. The summed E-state index contributed by atoms with van der Waals surface area (Å²) < 4.78 is 4.52. The highest BCUT2D eigenvalue weighted by Crippen LogP contribution is 2.28. The van der Waals surface area contributed by atoms with E-state index in [2.05, 4.69) is 4.74 Å². The summed E-state index contributed by atoms with van der Waals surface area (Å²) in [5.74, 6) is -0.637. The van der Waals surface area contributed by atoms with Gasteiger partial charge in [-0.15, -0.1) is 11.8 Å². The van der Waals surface area contributed by atoms with E-state index in [1.165, 1.54) is 6.07 Å². The van der Waals surface area contributed by atoms with Crippen LogP contribution in [0.4, 0.5) is 5.69 Å². The first-order valence-corrected chi connectivity index (χ1v) is 5.52. The smallest absolute Gasteiger partial charge is 0.317 e. The molecule has 0 spiro atoms. The Bertz CT molecular complexity index is 470. The third-order valence-corrected chi connectivity index (χ3v) is 2.74. The number of carbonyl (C=O) groups is 1. The highest BCUT2D eigenvalue weighted by atomic mass is 32.2. The van der Waals surface area contributed by atoms with Gasteiger partial charge < -0.3 is 4.74 Å². The number of nitro benzene ring substituents is 1. The van der Waals surface area contributed by atoms with Gasteiger partial charge in [-0.25, -0.2) is 0 Å². The van der Waals surface area contributed by atoms with Gasteiger partial charge in [-0.1, -0.05) is 12.1 Å². The van der Waals surface area contributed by atoms with Gasteiger partial charge in [-0.2, -0.15) is 5.26 Å². The number of rotatable bonds is 5. The quantitative estimate of drug-likeness (QED) is 0.343. The number of esters is 1. The van der Waals surface area contributed by atoms with Crippen LogP contribution in [0.1, 0.15) is 0 Å². The Hall–Kier alpha value is -2.07. The molecule has 7 heteroatoms. The summed E-state index contributed by atoms with van der Waals surface area (Å²) in [5, 5.41) is 18.9. The lowest BCUT2D eigenvalue weighted by molar-refractivity contribution is -0.387. The Balaban J connectivity index is 2.61. The first kappa shape index (κ1) is 13.0. The van der Waals surface area contributed by atoms with Crippen LogP contribution in [0.5, 0.6) is 0 Å². The first-order chi connectivity index (χ1) is 8.15. The summed E-state index contributed by atoms with van der Waals surface area (Å²) in [6.07, 6.45) is 0. The predicted octanol–water partition coefficient (Wildman–Crippen LogP) is 1.75. The molecule has 0 radical (unpaired) electrons. The number of nitriles is 1. The molecule has 0 bridgehead atoms. The van der Waals surface area contributed by atoms with E-state index in [-0.39, 0.29) is 18.0 Å². The number of nitro groups is 1. The van der Waals surface area contributed by atoms with Gasteiger partial charge in [0.1, 0.15) is 6.07 Å². The van der Waals surface area contributed by atoms with Gasteiger partial charge in [0.05, 0.1) is 15.6 Å². The van der Waals surface area contributed by atoms with Gasteiger partial charge in [0.15, 0.2) is 6.61 Å². The van der Waals surface area contributed by atoms with Crippen molar-refractivity contribution in [1.82, 2.24) is 0 Å². The lowest BCUT2D eigenvalue weighted by atomic mass is 10.3. The van der Waals surface area contributed by atoms with Crippen LogP contribution in [0, 0.1) is 21.4 Å². The minimum Gasteiger partial charge on any atom is -0.450 e. The van der Waals surface area contributed by atoms with E-state index >= 15 is 0 Å². The number of benzene rings is 1. The third kappa shape index (κ3) is 4.12. The molecule has 0 saturated carbocycles. The number of para-hydroxylation sites is 1. The second-order valence-corrected chi connectivity index (χ2v) is 3.85. The highest BCUT2D eigenvalue weighted by Gasteiger charge is 2.14. The zero-order valence-corrected chi connectivity index (χ0v) is 9.48. The van der Waals surface area contributed by atoms with E-state index in [0.717, 1.165) is 11.8 Å². The second-order valence-electron chi connectivity index (χ2n) is 2.83. The van der Waals surface area contributed by atoms with Crippen molar-refractivity contribution in [3.8, 4) is 6.07 Å².